The Morgan fingerprint density at radius 3 is 2.89 bits per heavy atom. The van der Waals surface area contributed by atoms with Gasteiger partial charge in [-0.15, -0.1) is 0 Å². The quantitative estimate of drug-likeness (QED) is 0.668. The highest BCUT2D eigenvalue weighted by atomic mass is 79.9. The molecule has 0 amide bonds. The van der Waals surface area contributed by atoms with Crippen molar-refractivity contribution in [3.63, 3.8) is 0 Å². The van der Waals surface area contributed by atoms with Crippen LogP contribution in [-0.2, 0) is 0 Å². The second kappa shape index (κ2) is 7.68. The molecule has 6 nitrogen and oxygen atoms in total. The molecule has 4 rings (SSSR count). The van der Waals surface area contributed by atoms with Crippen molar-refractivity contribution in [2.24, 2.45) is 5.92 Å². The smallest absolute Gasteiger partial charge is 0.174 e. The first-order valence-corrected chi connectivity index (χ1v) is 9.98. The molecular weight excluding hydrogens is 404 g/mol. The van der Waals surface area contributed by atoms with E-state index in [4.69, 9.17) is 0 Å². The largest absolute Gasteiger partial charge is 0.371 e. The number of aromatic nitrogens is 4. The van der Waals surface area contributed by atoms with E-state index in [0.29, 0.717) is 5.92 Å². The molecule has 0 spiro atoms. The zero-order chi connectivity index (χ0) is 18.8. The molecule has 3 heterocycles. The summed E-state index contributed by atoms with van der Waals surface area (Å²) in [5.41, 5.74) is 3.31. The molecule has 2 aromatic heterocycles. The standard InChI is InChI=1S/C20H23BrN6/c1-14-8-15(2)27(25-14)20-12-22-11-19(24-20)23-10-16-6-7-26(13-16)18-5-3-4-17(21)9-18/h3-5,8-9,11-12,16H,6-7,10,13H2,1-2H3,(H,23,24). The van der Waals surface area contributed by atoms with Crippen molar-refractivity contribution < 1.29 is 0 Å². The first kappa shape index (κ1) is 18.0. The number of hydrogen-bond acceptors (Lipinski definition) is 5. The van der Waals surface area contributed by atoms with Crippen molar-refractivity contribution in [1.29, 1.82) is 0 Å². The van der Waals surface area contributed by atoms with E-state index in [1.165, 1.54) is 12.1 Å². The number of anilines is 2. The van der Waals surface area contributed by atoms with E-state index in [9.17, 15) is 0 Å². The van der Waals surface area contributed by atoms with E-state index < -0.39 is 0 Å². The van der Waals surface area contributed by atoms with Gasteiger partial charge in [0.05, 0.1) is 18.1 Å². The van der Waals surface area contributed by atoms with Crippen molar-refractivity contribution in [1.82, 2.24) is 19.7 Å². The van der Waals surface area contributed by atoms with Crippen LogP contribution in [0.25, 0.3) is 5.82 Å². The van der Waals surface area contributed by atoms with Crippen LogP contribution in [0.5, 0.6) is 0 Å². The lowest BCUT2D eigenvalue weighted by Crippen LogP contribution is -2.22. The minimum atomic E-state index is 0.586. The van der Waals surface area contributed by atoms with Gasteiger partial charge in [0.2, 0.25) is 0 Å². The summed E-state index contributed by atoms with van der Waals surface area (Å²) in [7, 11) is 0. The van der Waals surface area contributed by atoms with E-state index in [2.05, 4.69) is 65.5 Å². The Hall–Kier alpha value is -2.41. The van der Waals surface area contributed by atoms with Crippen LogP contribution in [0.2, 0.25) is 0 Å². The summed E-state index contributed by atoms with van der Waals surface area (Å²) in [6, 6.07) is 10.5. The zero-order valence-electron chi connectivity index (χ0n) is 15.6. The van der Waals surface area contributed by atoms with Crippen LogP contribution in [-0.4, -0.2) is 39.4 Å². The van der Waals surface area contributed by atoms with Gasteiger partial charge in [-0.1, -0.05) is 22.0 Å². The highest BCUT2D eigenvalue weighted by Gasteiger charge is 2.22. The topological polar surface area (TPSA) is 58.9 Å². The van der Waals surface area contributed by atoms with Gasteiger partial charge < -0.3 is 10.2 Å². The number of halogens is 1. The highest BCUT2D eigenvalue weighted by Crippen LogP contribution is 2.26. The SMILES string of the molecule is Cc1cc(C)n(-c2cncc(NCC3CCN(c4cccc(Br)c4)C3)n2)n1. The van der Waals surface area contributed by atoms with Crippen LogP contribution in [0.1, 0.15) is 17.8 Å². The van der Waals surface area contributed by atoms with Crippen LogP contribution in [0.4, 0.5) is 11.5 Å². The molecule has 7 heteroatoms. The maximum Gasteiger partial charge on any atom is 0.174 e. The molecule has 0 radical (unpaired) electrons. The van der Waals surface area contributed by atoms with Gasteiger partial charge in [-0.2, -0.15) is 5.10 Å². The van der Waals surface area contributed by atoms with E-state index in [-0.39, 0.29) is 0 Å². The van der Waals surface area contributed by atoms with E-state index >= 15 is 0 Å². The summed E-state index contributed by atoms with van der Waals surface area (Å²) in [5, 5.41) is 7.94. The number of nitrogens with one attached hydrogen (secondary N) is 1. The van der Waals surface area contributed by atoms with Crippen molar-refractivity contribution in [3.8, 4) is 5.82 Å². The zero-order valence-corrected chi connectivity index (χ0v) is 17.1. The fraction of sp³-hybridized carbons (Fsp3) is 0.350. The molecule has 1 aromatic carbocycles. The number of hydrogen-bond donors (Lipinski definition) is 1. The Morgan fingerprint density at radius 1 is 1.22 bits per heavy atom. The molecule has 1 aliphatic rings. The molecule has 0 bridgehead atoms. The summed E-state index contributed by atoms with van der Waals surface area (Å²) < 4.78 is 2.95. The van der Waals surface area contributed by atoms with Crippen LogP contribution in [0, 0.1) is 19.8 Å². The third-order valence-corrected chi connectivity index (χ3v) is 5.37. The monoisotopic (exact) mass is 426 g/mol. The number of benzene rings is 1. The van der Waals surface area contributed by atoms with Crippen molar-refractivity contribution in [3.05, 3.63) is 58.6 Å². The second-order valence-electron chi connectivity index (χ2n) is 7.06. The molecule has 1 unspecified atom stereocenters. The molecule has 1 atom stereocenters. The molecular formula is C20H23BrN6. The minimum Gasteiger partial charge on any atom is -0.371 e. The fourth-order valence-electron chi connectivity index (χ4n) is 3.56. The normalized spacial score (nSPS) is 16.7. The lowest BCUT2D eigenvalue weighted by Gasteiger charge is -2.19. The highest BCUT2D eigenvalue weighted by molar-refractivity contribution is 9.10. The van der Waals surface area contributed by atoms with Gasteiger partial charge >= 0.3 is 0 Å². The maximum absolute atomic E-state index is 4.67. The van der Waals surface area contributed by atoms with Crippen LogP contribution >= 0.6 is 15.9 Å². The lowest BCUT2D eigenvalue weighted by molar-refractivity contribution is 0.620. The van der Waals surface area contributed by atoms with Gasteiger partial charge in [-0.3, -0.25) is 4.98 Å². The Bertz CT molecular complexity index is 938. The van der Waals surface area contributed by atoms with Crippen molar-refractivity contribution >= 4 is 27.4 Å². The van der Waals surface area contributed by atoms with Gasteiger partial charge in [-0.25, -0.2) is 9.67 Å². The van der Waals surface area contributed by atoms with Crippen LogP contribution in [0.15, 0.2) is 47.2 Å². The summed E-state index contributed by atoms with van der Waals surface area (Å²) in [6.07, 6.45) is 4.69. The third-order valence-electron chi connectivity index (χ3n) is 4.88. The predicted octanol–water partition coefficient (Wildman–Crippen LogP) is 3.98. The maximum atomic E-state index is 4.67. The third kappa shape index (κ3) is 4.13. The molecule has 1 fully saturated rings. The molecule has 3 aromatic rings. The van der Waals surface area contributed by atoms with E-state index in [1.807, 2.05) is 24.6 Å². The van der Waals surface area contributed by atoms with Crippen molar-refractivity contribution in [2.45, 2.75) is 20.3 Å². The second-order valence-corrected chi connectivity index (χ2v) is 7.98. The van der Waals surface area contributed by atoms with Gasteiger partial charge in [0.25, 0.3) is 0 Å². The predicted molar refractivity (Wildman–Crippen MR) is 112 cm³/mol. The van der Waals surface area contributed by atoms with Gasteiger partial charge in [0.15, 0.2) is 5.82 Å². The summed E-state index contributed by atoms with van der Waals surface area (Å²) in [4.78, 5) is 11.4. The summed E-state index contributed by atoms with van der Waals surface area (Å²) in [5.74, 6) is 2.12. The van der Waals surface area contributed by atoms with E-state index in [1.54, 1.807) is 12.4 Å². The molecule has 1 N–H and O–H groups in total. The molecule has 27 heavy (non-hydrogen) atoms. The van der Waals surface area contributed by atoms with Gasteiger partial charge in [-0.05, 0) is 50.5 Å². The average molecular weight is 427 g/mol. The first-order chi connectivity index (χ1) is 13.1. The summed E-state index contributed by atoms with van der Waals surface area (Å²) >= 11 is 3.56. The minimum absolute atomic E-state index is 0.586. The average Bonchev–Trinajstić information content (AvgIpc) is 3.26. The van der Waals surface area contributed by atoms with Gasteiger partial charge in [0.1, 0.15) is 5.82 Å². The first-order valence-electron chi connectivity index (χ1n) is 9.18. The van der Waals surface area contributed by atoms with Crippen LogP contribution in [0.3, 0.4) is 0 Å². The summed E-state index contributed by atoms with van der Waals surface area (Å²) in [6.45, 7) is 7.03. The Balaban J connectivity index is 1.38. The van der Waals surface area contributed by atoms with Crippen molar-refractivity contribution in [2.75, 3.05) is 29.9 Å². The Labute approximate surface area is 167 Å². The van der Waals surface area contributed by atoms with E-state index in [0.717, 1.165) is 47.1 Å². The van der Waals surface area contributed by atoms with Gasteiger partial charge in [0, 0.05) is 35.5 Å². The molecule has 140 valence electrons. The Kier molecular flexibility index (Phi) is 5.11. The molecule has 0 saturated carbocycles. The number of nitrogens with zero attached hydrogens (tertiary/aromatic N) is 5. The molecule has 1 saturated heterocycles. The lowest BCUT2D eigenvalue weighted by atomic mass is 10.1. The fourth-order valence-corrected chi connectivity index (χ4v) is 3.95. The number of rotatable bonds is 5. The Morgan fingerprint density at radius 2 is 2.11 bits per heavy atom. The number of aryl methyl sites for hydroxylation is 2. The molecule has 1 aliphatic heterocycles. The van der Waals surface area contributed by atoms with Crippen LogP contribution < -0.4 is 10.2 Å². The molecule has 0 aliphatic carbocycles.